The molecule has 1 aromatic heterocycles. The molecule has 1 aromatic carbocycles. The van der Waals surface area contributed by atoms with Gasteiger partial charge in [0.25, 0.3) is 0 Å². The van der Waals surface area contributed by atoms with E-state index >= 15 is 0 Å². The number of benzene rings is 1. The fraction of sp³-hybridized carbons (Fsp3) is 0.308. The zero-order chi connectivity index (χ0) is 14.8. The second-order valence-corrected chi connectivity index (χ2v) is 5.20. The topological polar surface area (TPSA) is 89.3 Å². The minimum Gasteiger partial charge on any atom is -0.508 e. The van der Waals surface area contributed by atoms with Crippen molar-refractivity contribution < 1.29 is 14.6 Å². The maximum Gasteiger partial charge on any atom is 0.413 e. The van der Waals surface area contributed by atoms with Gasteiger partial charge >= 0.3 is 6.09 Å². The van der Waals surface area contributed by atoms with Crippen molar-refractivity contribution in [2.24, 2.45) is 0 Å². The predicted molar refractivity (Wildman–Crippen MR) is 72.9 cm³/mol. The minimum atomic E-state index is -0.597. The van der Waals surface area contributed by atoms with Crippen molar-refractivity contribution in [3.8, 4) is 11.4 Å². The average Bonchev–Trinajstić information content (AvgIpc) is 2.74. The Bertz CT molecular complexity index is 616. The second-order valence-electron chi connectivity index (χ2n) is 5.20. The highest BCUT2D eigenvalue weighted by Crippen LogP contribution is 2.16. The van der Waals surface area contributed by atoms with Crippen molar-refractivity contribution in [1.29, 1.82) is 0 Å². The summed E-state index contributed by atoms with van der Waals surface area (Å²) in [6, 6.07) is 6.53. The van der Waals surface area contributed by atoms with Gasteiger partial charge in [-0.1, -0.05) is 11.3 Å². The van der Waals surface area contributed by atoms with Gasteiger partial charge < -0.3 is 9.84 Å². The van der Waals surface area contributed by atoms with Crippen LogP contribution in [0, 0.1) is 0 Å². The van der Waals surface area contributed by atoms with Gasteiger partial charge in [-0.25, -0.2) is 9.48 Å². The Labute approximate surface area is 116 Å². The summed E-state index contributed by atoms with van der Waals surface area (Å²) < 4.78 is 6.55. The number of nitrogens with zero attached hydrogens (tertiary/aromatic N) is 3. The molecule has 2 N–H and O–H groups in total. The monoisotopic (exact) mass is 276 g/mol. The molecule has 0 spiro atoms. The molecule has 0 unspecified atom stereocenters. The van der Waals surface area contributed by atoms with Gasteiger partial charge in [-0.2, -0.15) is 0 Å². The van der Waals surface area contributed by atoms with E-state index in [1.807, 2.05) is 0 Å². The van der Waals surface area contributed by atoms with Gasteiger partial charge in [0, 0.05) is 6.07 Å². The third-order valence-corrected chi connectivity index (χ3v) is 2.22. The predicted octanol–water partition coefficient (Wildman–Crippen LogP) is 2.32. The van der Waals surface area contributed by atoms with Crippen LogP contribution in [0.25, 0.3) is 5.69 Å². The molecule has 0 fully saturated rings. The van der Waals surface area contributed by atoms with Gasteiger partial charge in [0.2, 0.25) is 0 Å². The number of carbonyl (C=O) groups is 1. The standard InChI is InChI=1S/C13H16N4O3/c1-13(2,3)20-12(19)14-11-8-17(16-15-11)9-5-4-6-10(18)7-9/h4-8,18H,1-3H3,(H,14,19). The molecule has 1 heterocycles. The molecule has 2 aromatic rings. The van der Waals surface area contributed by atoms with Gasteiger partial charge in [0.15, 0.2) is 5.82 Å². The number of amides is 1. The van der Waals surface area contributed by atoms with E-state index in [0.717, 1.165) is 0 Å². The zero-order valence-corrected chi connectivity index (χ0v) is 11.5. The molecule has 0 aliphatic heterocycles. The van der Waals surface area contributed by atoms with Gasteiger partial charge in [0.1, 0.15) is 11.4 Å². The first-order chi connectivity index (χ1) is 9.33. The highest BCUT2D eigenvalue weighted by atomic mass is 16.6. The van der Waals surface area contributed by atoms with E-state index in [4.69, 9.17) is 4.74 Å². The number of nitrogens with one attached hydrogen (secondary N) is 1. The van der Waals surface area contributed by atoms with Crippen molar-refractivity contribution >= 4 is 11.9 Å². The molecule has 0 bridgehead atoms. The number of aromatic nitrogens is 3. The summed E-state index contributed by atoms with van der Waals surface area (Å²) in [5.74, 6) is 0.391. The highest BCUT2D eigenvalue weighted by Gasteiger charge is 2.17. The molecule has 20 heavy (non-hydrogen) atoms. The van der Waals surface area contributed by atoms with Crippen LogP contribution < -0.4 is 5.32 Å². The summed E-state index contributed by atoms with van der Waals surface area (Å²) in [7, 11) is 0. The van der Waals surface area contributed by atoms with Crippen LogP contribution in [-0.2, 0) is 4.74 Å². The van der Waals surface area contributed by atoms with E-state index in [-0.39, 0.29) is 11.6 Å². The summed E-state index contributed by atoms with van der Waals surface area (Å²) in [4.78, 5) is 11.6. The van der Waals surface area contributed by atoms with Crippen LogP contribution in [0.15, 0.2) is 30.5 Å². The van der Waals surface area contributed by atoms with Gasteiger partial charge in [-0.05, 0) is 32.9 Å². The van der Waals surface area contributed by atoms with Crippen molar-refractivity contribution in [1.82, 2.24) is 15.0 Å². The quantitative estimate of drug-likeness (QED) is 0.878. The Morgan fingerprint density at radius 3 is 2.80 bits per heavy atom. The SMILES string of the molecule is CC(C)(C)OC(=O)Nc1cn(-c2cccc(O)c2)nn1. The Morgan fingerprint density at radius 1 is 1.40 bits per heavy atom. The lowest BCUT2D eigenvalue weighted by molar-refractivity contribution is 0.0635. The van der Waals surface area contributed by atoms with E-state index in [2.05, 4.69) is 15.6 Å². The van der Waals surface area contributed by atoms with Gasteiger partial charge in [0.05, 0.1) is 11.9 Å². The molecule has 0 saturated carbocycles. The molecule has 106 valence electrons. The Kier molecular flexibility index (Phi) is 3.60. The van der Waals surface area contributed by atoms with Crippen molar-refractivity contribution in [2.75, 3.05) is 5.32 Å². The first-order valence-electron chi connectivity index (χ1n) is 6.05. The number of phenolic OH excluding ortho intramolecular Hbond substituents is 1. The van der Waals surface area contributed by atoms with E-state index in [9.17, 15) is 9.90 Å². The summed E-state index contributed by atoms with van der Waals surface area (Å²) in [6.07, 6.45) is 0.930. The lowest BCUT2D eigenvalue weighted by Gasteiger charge is -2.18. The normalized spacial score (nSPS) is 11.2. The second kappa shape index (κ2) is 5.20. The molecule has 0 saturated heterocycles. The first-order valence-corrected chi connectivity index (χ1v) is 6.05. The van der Waals surface area contributed by atoms with E-state index in [1.54, 1.807) is 39.0 Å². The van der Waals surface area contributed by atoms with Crippen LogP contribution in [0.5, 0.6) is 5.75 Å². The van der Waals surface area contributed by atoms with Crippen LogP contribution in [0.3, 0.4) is 0 Å². The Morgan fingerprint density at radius 2 is 2.15 bits per heavy atom. The third kappa shape index (κ3) is 3.71. The Hall–Kier alpha value is -2.57. The number of carbonyl (C=O) groups excluding carboxylic acids is 1. The largest absolute Gasteiger partial charge is 0.508 e. The van der Waals surface area contributed by atoms with Crippen molar-refractivity contribution in [3.63, 3.8) is 0 Å². The number of anilines is 1. The molecule has 0 radical (unpaired) electrons. The highest BCUT2D eigenvalue weighted by molar-refractivity contribution is 5.83. The number of aromatic hydroxyl groups is 1. The summed E-state index contributed by atoms with van der Waals surface area (Å²) in [5.41, 5.74) is 0.0559. The average molecular weight is 276 g/mol. The molecular formula is C13H16N4O3. The Balaban J connectivity index is 2.08. The molecule has 2 rings (SSSR count). The van der Waals surface area contributed by atoms with Crippen LogP contribution >= 0.6 is 0 Å². The number of hydrogen-bond acceptors (Lipinski definition) is 5. The maximum absolute atomic E-state index is 11.6. The van der Waals surface area contributed by atoms with Gasteiger partial charge in [-0.3, -0.25) is 5.32 Å². The molecule has 0 atom stereocenters. The van der Waals surface area contributed by atoms with Crippen LogP contribution in [-0.4, -0.2) is 31.8 Å². The number of rotatable bonds is 2. The molecule has 7 heteroatoms. The van der Waals surface area contributed by atoms with Crippen LogP contribution in [0.4, 0.5) is 10.6 Å². The number of ether oxygens (including phenoxy) is 1. The third-order valence-electron chi connectivity index (χ3n) is 2.22. The lowest BCUT2D eigenvalue weighted by Crippen LogP contribution is -2.27. The summed E-state index contributed by atoms with van der Waals surface area (Å²) in [6.45, 7) is 5.32. The lowest BCUT2D eigenvalue weighted by atomic mass is 10.2. The summed E-state index contributed by atoms with van der Waals surface area (Å²) >= 11 is 0. The van der Waals surface area contributed by atoms with Crippen molar-refractivity contribution in [2.45, 2.75) is 26.4 Å². The van der Waals surface area contributed by atoms with E-state index in [1.165, 1.54) is 16.9 Å². The fourth-order valence-corrected chi connectivity index (χ4v) is 1.49. The van der Waals surface area contributed by atoms with Gasteiger partial charge in [-0.15, -0.1) is 5.10 Å². The number of hydrogen-bond donors (Lipinski definition) is 2. The van der Waals surface area contributed by atoms with Crippen molar-refractivity contribution in [3.05, 3.63) is 30.5 Å². The molecule has 0 aliphatic carbocycles. The molecule has 7 nitrogen and oxygen atoms in total. The zero-order valence-electron chi connectivity index (χ0n) is 11.5. The first kappa shape index (κ1) is 13.9. The van der Waals surface area contributed by atoms with E-state index < -0.39 is 11.7 Å². The minimum absolute atomic E-state index is 0.125. The molecular weight excluding hydrogens is 260 g/mol. The van der Waals surface area contributed by atoms with E-state index in [0.29, 0.717) is 5.69 Å². The fourth-order valence-electron chi connectivity index (χ4n) is 1.49. The van der Waals surface area contributed by atoms with Crippen LogP contribution in [0.2, 0.25) is 0 Å². The summed E-state index contributed by atoms with van der Waals surface area (Å²) in [5, 5.41) is 19.6. The molecule has 1 amide bonds. The molecule has 0 aliphatic rings. The van der Waals surface area contributed by atoms with Crippen LogP contribution in [0.1, 0.15) is 20.8 Å². The number of phenols is 1. The maximum atomic E-state index is 11.6. The smallest absolute Gasteiger partial charge is 0.413 e.